The molecule has 0 aliphatic heterocycles. The Morgan fingerprint density at radius 2 is 2.25 bits per heavy atom. The van der Waals surface area contributed by atoms with Gasteiger partial charge in [-0.25, -0.2) is 0 Å². The fraction of sp³-hybridized carbons (Fsp3) is 0.538. The molecule has 0 heterocycles. The second-order valence-corrected chi connectivity index (χ2v) is 6.03. The number of nitrogens with one attached hydrogen (secondary N) is 1. The summed E-state index contributed by atoms with van der Waals surface area (Å²) in [6.07, 6.45) is 5.87. The fourth-order valence-electron chi connectivity index (χ4n) is 1.96. The minimum absolute atomic E-state index is 0.652. The van der Waals surface area contributed by atoms with E-state index in [1.807, 2.05) is 12.1 Å². The third-order valence-corrected chi connectivity index (χ3v) is 3.86. The Kier molecular flexibility index (Phi) is 3.99. The molecule has 1 saturated carbocycles. The highest BCUT2D eigenvalue weighted by molar-refractivity contribution is 7.83. The summed E-state index contributed by atoms with van der Waals surface area (Å²) in [4.78, 5) is 0. The van der Waals surface area contributed by atoms with Gasteiger partial charge in [0.05, 0.1) is 0 Å². The highest BCUT2D eigenvalue weighted by Crippen LogP contribution is 2.26. The molecule has 0 bridgehead atoms. The first-order valence-electron chi connectivity index (χ1n) is 5.87. The lowest BCUT2D eigenvalue weighted by Gasteiger charge is -2.25. The lowest BCUT2D eigenvalue weighted by Crippen LogP contribution is -2.20. The molecule has 0 aromatic heterocycles. The molecule has 3 heteroatoms. The Morgan fingerprint density at radius 1 is 1.44 bits per heavy atom. The van der Waals surface area contributed by atoms with Crippen molar-refractivity contribution in [3.63, 3.8) is 0 Å². The van der Waals surface area contributed by atoms with Crippen LogP contribution in [0.2, 0.25) is 0 Å². The lowest BCUT2D eigenvalue weighted by atomic mass is 9.85. The zero-order valence-electron chi connectivity index (χ0n) is 9.74. The Bertz CT molecular complexity index is 374. The molecule has 0 spiro atoms. The largest absolute Gasteiger partial charge is 0.385 e. The smallest absolute Gasteiger partial charge is 0.0483 e. The summed E-state index contributed by atoms with van der Waals surface area (Å²) in [6, 6.07) is 8.27. The van der Waals surface area contributed by atoms with Gasteiger partial charge in [0, 0.05) is 35.0 Å². The van der Waals surface area contributed by atoms with Crippen molar-refractivity contribution in [1.82, 2.24) is 0 Å². The van der Waals surface area contributed by atoms with E-state index in [1.54, 1.807) is 6.26 Å². The predicted octanol–water partition coefficient (Wildman–Crippen LogP) is 2.78. The monoisotopic (exact) mass is 237 g/mol. The van der Waals surface area contributed by atoms with Gasteiger partial charge in [0.15, 0.2) is 0 Å². The minimum atomic E-state index is -0.756. The molecule has 1 aliphatic rings. The molecule has 1 aliphatic carbocycles. The lowest BCUT2D eigenvalue weighted by molar-refractivity contribution is 0.333. The van der Waals surface area contributed by atoms with Crippen LogP contribution in [0.15, 0.2) is 24.3 Å². The molecule has 0 saturated heterocycles. The van der Waals surface area contributed by atoms with Gasteiger partial charge >= 0.3 is 0 Å². The van der Waals surface area contributed by atoms with Crippen LogP contribution in [0.1, 0.15) is 24.8 Å². The second kappa shape index (κ2) is 5.48. The maximum Gasteiger partial charge on any atom is 0.0483 e. The molecule has 2 rings (SSSR count). The highest BCUT2D eigenvalue weighted by Gasteiger charge is 2.16. The second-order valence-electron chi connectivity index (χ2n) is 4.60. The molecule has 1 aromatic rings. The van der Waals surface area contributed by atoms with Crippen LogP contribution in [0.3, 0.4) is 0 Å². The molecule has 1 aromatic carbocycles. The van der Waals surface area contributed by atoms with Gasteiger partial charge in [-0.2, -0.15) is 0 Å². The van der Waals surface area contributed by atoms with Crippen LogP contribution in [0, 0.1) is 5.92 Å². The van der Waals surface area contributed by atoms with Gasteiger partial charge in [-0.15, -0.1) is 0 Å². The average molecular weight is 237 g/mol. The number of anilines is 1. The molecular formula is C13H19NOS. The molecule has 0 unspecified atom stereocenters. The van der Waals surface area contributed by atoms with Gasteiger partial charge in [0.1, 0.15) is 0 Å². The molecule has 88 valence electrons. The molecule has 1 fully saturated rings. The molecule has 0 radical (unpaired) electrons. The van der Waals surface area contributed by atoms with Crippen molar-refractivity contribution < 1.29 is 4.21 Å². The summed E-state index contributed by atoms with van der Waals surface area (Å²) in [6.45, 7) is 1.08. The van der Waals surface area contributed by atoms with E-state index < -0.39 is 10.8 Å². The zero-order chi connectivity index (χ0) is 11.4. The molecule has 2 nitrogen and oxygen atoms in total. The first-order valence-corrected chi connectivity index (χ1v) is 7.59. The first-order chi connectivity index (χ1) is 7.74. The van der Waals surface area contributed by atoms with Crippen LogP contribution in [0.4, 0.5) is 5.69 Å². The summed E-state index contributed by atoms with van der Waals surface area (Å²) in [7, 11) is -0.756. The fourth-order valence-corrected chi connectivity index (χ4v) is 2.61. The van der Waals surface area contributed by atoms with Gasteiger partial charge in [-0.3, -0.25) is 4.21 Å². The number of benzene rings is 1. The Labute approximate surface area is 99.9 Å². The van der Waals surface area contributed by atoms with Crippen molar-refractivity contribution >= 4 is 16.5 Å². The van der Waals surface area contributed by atoms with Crippen LogP contribution in [-0.2, 0) is 16.6 Å². The molecular weight excluding hydrogens is 218 g/mol. The SMILES string of the molecule is C[S@@](=O)Cc1cccc(NCC2CCC2)c1. The number of rotatable bonds is 5. The van der Waals surface area contributed by atoms with E-state index in [0.29, 0.717) is 5.75 Å². The van der Waals surface area contributed by atoms with Crippen molar-refractivity contribution in [3.05, 3.63) is 29.8 Å². The zero-order valence-corrected chi connectivity index (χ0v) is 10.6. The van der Waals surface area contributed by atoms with Crippen LogP contribution in [0.5, 0.6) is 0 Å². The van der Waals surface area contributed by atoms with E-state index in [2.05, 4.69) is 17.4 Å². The number of hydrogen-bond acceptors (Lipinski definition) is 2. The first kappa shape index (κ1) is 11.6. The van der Waals surface area contributed by atoms with Crippen molar-refractivity contribution in [2.24, 2.45) is 5.92 Å². The molecule has 1 atom stereocenters. The summed E-state index contributed by atoms with van der Waals surface area (Å²) < 4.78 is 11.1. The summed E-state index contributed by atoms with van der Waals surface area (Å²) in [5, 5.41) is 3.46. The topological polar surface area (TPSA) is 29.1 Å². The van der Waals surface area contributed by atoms with E-state index in [4.69, 9.17) is 0 Å². The molecule has 0 amide bonds. The van der Waals surface area contributed by atoms with Crippen molar-refractivity contribution in [2.75, 3.05) is 18.1 Å². The van der Waals surface area contributed by atoms with Gasteiger partial charge in [-0.05, 0) is 36.5 Å². The van der Waals surface area contributed by atoms with Gasteiger partial charge < -0.3 is 5.32 Å². The van der Waals surface area contributed by atoms with Crippen molar-refractivity contribution in [1.29, 1.82) is 0 Å². The van der Waals surface area contributed by atoms with Gasteiger partial charge in [0.2, 0.25) is 0 Å². The summed E-state index contributed by atoms with van der Waals surface area (Å²) >= 11 is 0. The van der Waals surface area contributed by atoms with Crippen LogP contribution in [-0.4, -0.2) is 17.0 Å². The van der Waals surface area contributed by atoms with E-state index >= 15 is 0 Å². The standard InChI is InChI=1S/C13H19NOS/c1-16(15)10-12-6-3-7-13(8-12)14-9-11-4-2-5-11/h3,6-8,11,14H,2,4-5,9-10H2,1H3/t16-/m1/s1. The quantitative estimate of drug-likeness (QED) is 0.853. The van der Waals surface area contributed by atoms with Crippen LogP contribution >= 0.6 is 0 Å². The van der Waals surface area contributed by atoms with Crippen LogP contribution < -0.4 is 5.32 Å². The maximum absolute atomic E-state index is 11.1. The Hall–Kier alpha value is -0.830. The average Bonchev–Trinajstić information content (AvgIpc) is 2.14. The minimum Gasteiger partial charge on any atom is -0.385 e. The Morgan fingerprint density at radius 3 is 2.88 bits per heavy atom. The third kappa shape index (κ3) is 3.34. The molecule has 16 heavy (non-hydrogen) atoms. The van der Waals surface area contributed by atoms with E-state index in [1.165, 1.54) is 19.3 Å². The molecule has 1 N–H and O–H groups in total. The normalized spacial score (nSPS) is 17.8. The summed E-state index contributed by atoms with van der Waals surface area (Å²) in [5.41, 5.74) is 2.31. The Balaban J connectivity index is 1.89. The maximum atomic E-state index is 11.1. The third-order valence-electron chi connectivity index (χ3n) is 3.12. The van der Waals surface area contributed by atoms with Gasteiger partial charge in [-0.1, -0.05) is 18.6 Å². The summed E-state index contributed by atoms with van der Waals surface area (Å²) in [5.74, 6) is 1.52. The van der Waals surface area contributed by atoms with Gasteiger partial charge in [0.25, 0.3) is 0 Å². The number of hydrogen-bond donors (Lipinski definition) is 1. The van der Waals surface area contributed by atoms with Crippen LogP contribution in [0.25, 0.3) is 0 Å². The highest BCUT2D eigenvalue weighted by atomic mass is 32.2. The predicted molar refractivity (Wildman–Crippen MR) is 70.0 cm³/mol. The van der Waals surface area contributed by atoms with E-state index in [9.17, 15) is 4.21 Å². The van der Waals surface area contributed by atoms with Crippen molar-refractivity contribution in [2.45, 2.75) is 25.0 Å². The van der Waals surface area contributed by atoms with E-state index in [-0.39, 0.29) is 0 Å². The van der Waals surface area contributed by atoms with Crippen molar-refractivity contribution in [3.8, 4) is 0 Å². The van der Waals surface area contributed by atoms with E-state index in [0.717, 1.165) is 23.7 Å².